The third-order valence-electron chi connectivity index (χ3n) is 3.22. The molecule has 0 spiro atoms. The van der Waals surface area contributed by atoms with Crippen LogP contribution in [0.15, 0.2) is 48.5 Å². The van der Waals surface area contributed by atoms with Crippen molar-refractivity contribution in [1.82, 2.24) is 5.32 Å². The van der Waals surface area contributed by atoms with Gasteiger partial charge in [0.2, 0.25) is 0 Å². The summed E-state index contributed by atoms with van der Waals surface area (Å²) in [5.74, 6) is -1.08. The predicted molar refractivity (Wildman–Crippen MR) is 91.2 cm³/mol. The van der Waals surface area contributed by atoms with E-state index in [0.717, 1.165) is 5.56 Å². The molecule has 2 rings (SSSR count). The maximum Gasteiger partial charge on any atom is 0.407 e. The van der Waals surface area contributed by atoms with E-state index in [-0.39, 0.29) is 13.0 Å². The highest BCUT2D eigenvalue weighted by Gasteiger charge is 2.21. The van der Waals surface area contributed by atoms with E-state index in [0.29, 0.717) is 15.6 Å². The van der Waals surface area contributed by atoms with Crippen LogP contribution in [0.2, 0.25) is 10.0 Å². The highest BCUT2D eigenvalue weighted by Crippen LogP contribution is 2.28. The highest BCUT2D eigenvalue weighted by molar-refractivity contribution is 6.33. The normalized spacial score (nSPS) is 11.6. The van der Waals surface area contributed by atoms with E-state index in [9.17, 15) is 9.59 Å². The molecular formula is C17H15Cl2NO4. The lowest BCUT2D eigenvalue weighted by molar-refractivity contribution is -0.137. The Kier molecular flexibility index (Phi) is 6.46. The molecule has 0 saturated carbocycles. The number of alkyl carbamates (subject to hydrolysis) is 1. The maximum absolute atomic E-state index is 12.0. The Morgan fingerprint density at radius 1 is 1.12 bits per heavy atom. The lowest BCUT2D eigenvalue weighted by atomic mass is 10.0. The molecule has 1 amide bonds. The number of benzene rings is 2. The highest BCUT2D eigenvalue weighted by atomic mass is 35.5. The van der Waals surface area contributed by atoms with Gasteiger partial charge in [-0.3, -0.25) is 4.79 Å². The van der Waals surface area contributed by atoms with Crippen molar-refractivity contribution in [1.29, 1.82) is 0 Å². The monoisotopic (exact) mass is 367 g/mol. The van der Waals surface area contributed by atoms with Crippen molar-refractivity contribution in [3.05, 3.63) is 69.7 Å². The van der Waals surface area contributed by atoms with Crippen LogP contribution >= 0.6 is 23.2 Å². The van der Waals surface area contributed by atoms with Crippen LogP contribution in [0.4, 0.5) is 4.79 Å². The molecule has 0 aliphatic heterocycles. The summed E-state index contributed by atoms with van der Waals surface area (Å²) in [7, 11) is 0. The molecule has 1 atom stereocenters. The van der Waals surface area contributed by atoms with Gasteiger partial charge in [0.15, 0.2) is 0 Å². The predicted octanol–water partition coefficient (Wildman–Crippen LogP) is 4.44. The number of rotatable bonds is 6. The van der Waals surface area contributed by atoms with Gasteiger partial charge in [0.1, 0.15) is 6.61 Å². The van der Waals surface area contributed by atoms with Crippen molar-refractivity contribution in [3.8, 4) is 0 Å². The van der Waals surface area contributed by atoms with Crippen molar-refractivity contribution < 1.29 is 19.4 Å². The molecule has 0 fully saturated rings. The summed E-state index contributed by atoms with van der Waals surface area (Å²) in [6.45, 7) is 0.0791. The summed E-state index contributed by atoms with van der Waals surface area (Å²) in [6.07, 6.45) is -1.08. The van der Waals surface area contributed by atoms with Crippen LogP contribution in [0.25, 0.3) is 0 Å². The third-order valence-corrected chi connectivity index (χ3v) is 3.80. The minimum atomic E-state index is -1.08. The second kappa shape index (κ2) is 8.57. The van der Waals surface area contributed by atoms with Crippen molar-refractivity contribution in [2.24, 2.45) is 0 Å². The molecule has 0 aliphatic rings. The first-order chi connectivity index (χ1) is 11.5. The van der Waals surface area contributed by atoms with Crippen LogP contribution in [-0.4, -0.2) is 17.2 Å². The number of halogens is 2. The van der Waals surface area contributed by atoms with Gasteiger partial charge in [-0.05, 0) is 29.3 Å². The van der Waals surface area contributed by atoms with E-state index in [1.807, 2.05) is 30.3 Å². The van der Waals surface area contributed by atoms with E-state index < -0.39 is 18.1 Å². The van der Waals surface area contributed by atoms with Crippen LogP contribution < -0.4 is 5.32 Å². The van der Waals surface area contributed by atoms with Crippen LogP contribution in [-0.2, 0) is 16.1 Å². The number of aliphatic carboxylic acids is 1. The van der Waals surface area contributed by atoms with Gasteiger partial charge < -0.3 is 15.2 Å². The lowest BCUT2D eigenvalue weighted by Crippen LogP contribution is -2.30. The number of carbonyl (C=O) groups is 2. The van der Waals surface area contributed by atoms with Crippen molar-refractivity contribution in [3.63, 3.8) is 0 Å². The van der Waals surface area contributed by atoms with Gasteiger partial charge in [-0.25, -0.2) is 4.79 Å². The van der Waals surface area contributed by atoms with Crippen LogP contribution in [0.5, 0.6) is 0 Å². The average Bonchev–Trinajstić information content (AvgIpc) is 2.55. The van der Waals surface area contributed by atoms with Crippen molar-refractivity contribution >= 4 is 35.3 Å². The molecule has 2 aromatic rings. The SMILES string of the molecule is O=C(O)CC(NC(=O)OCc1ccccc1)c1cc(Cl)ccc1Cl. The second-order valence-corrected chi connectivity index (χ2v) is 5.87. The molecule has 0 radical (unpaired) electrons. The Morgan fingerprint density at radius 3 is 2.50 bits per heavy atom. The fourth-order valence-electron chi connectivity index (χ4n) is 2.10. The molecule has 0 aromatic heterocycles. The van der Waals surface area contributed by atoms with Gasteiger partial charge in [-0.1, -0.05) is 53.5 Å². The number of ether oxygens (including phenoxy) is 1. The summed E-state index contributed by atoms with van der Waals surface area (Å²) in [5, 5.41) is 12.3. The number of carboxylic acid groups (broad SMARTS) is 1. The number of hydrogen-bond donors (Lipinski definition) is 2. The molecule has 1 unspecified atom stereocenters. The first-order valence-electron chi connectivity index (χ1n) is 7.09. The molecule has 2 aromatic carbocycles. The number of amides is 1. The number of carboxylic acids is 1. The summed E-state index contributed by atoms with van der Waals surface area (Å²) < 4.78 is 5.11. The second-order valence-electron chi connectivity index (χ2n) is 5.02. The zero-order chi connectivity index (χ0) is 17.5. The Balaban J connectivity index is 2.06. The number of carbonyl (C=O) groups excluding carboxylic acids is 1. The summed E-state index contributed by atoms with van der Waals surface area (Å²) >= 11 is 12.0. The Morgan fingerprint density at radius 2 is 1.83 bits per heavy atom. The topological polar surface area (TPSA) is 75.6 Å². The lowest BCUT2D eigenvalue weighted by Gasteiger charge is -2.19. The Hall–Kier alpha value is -2.24. The molecule has 126 valence electrons. The van der Waals surface area contributed by atoms with Gasteiger partial charge in [0.05, 0.1) is 12.5 Å². The van der Waals surface area contributed by atoms with Gasteiger partial charge >= 0.3 is 12.1 Å². The van der Waals surface area contributed by atoms with Gasteiger partial charge in [-0.15, -0.1) is 0 Å². The average molecular weight is 368 g/mol. The molecule has 0 bridgehead atoms. The van der Waals surface area contributed by atoms with E-state index in [1.54, 1.807) is 12.1 Å². The molecule has 7 heteroatoms. The van der Waals surface area contributed by atoms with Crippen LogP contribution in [0.3, 0.4) is 0 Å². The molecule has 0 heterocycles. The Bertz CT molecular complexity index is 722. The van der Waals surface area contributed by atoms with E-state index in [2.05, 4.69) is 5.32 Å². The summed E-state index contributed by atoms with van der Waals surface area (Å²) in [5.41, 5.74) is 1.24. The molecule has 0 aliphatic carbocycles. The van der Waals surface area contributed by atoms with E-state index in [4.69, 9.17) is 33.0 Å². The fraction of sp³-hybridized carbons (Fsp3) is 0.176. The smallest absolute Gasteiger partial charge is 0.407 e. The van der Waals surface area contributed by atoms with Gasteiger partial charge in [-0.2, -0.15) is 0 Å². The molecule has 24 heavy (non-hydrogen) atoms. The zero-order valence-corrected chi connectivity index (χ0v) is 14.1. The van der Waals surface area contributed by atoms with Gasteiger partial charge in [0.25, 0.3) is 0 Å². The quantitative estimate of drug-likeness (QED) is 0.791. The van der Waals surface area contributed by atoms with E-state index in [1.165, 1.54) is 6.07 Å². The summed E-state index contributed by atoms with van der Waals surface area (Å²) in [6, 6.07) is 12.9. The molecule has 5 nitrogen and oxygen atoms in total. The maximum atomic E-state index is 12.0. The molecular weight excluding hydrogens is 353 g/mol. The molecule has 2 N–H and O–H groups in total. The number of hydrogen-bond acceptors (Lipinski definition) is 3. The first kappa shape index (κ1) is 18.1. The zero-order valence-electron chi connectivity index (χ0n) is 12.5. The van der Waals surface area contributed by atoms with Crippen LogP contribution in [0.1, 0.15) is 23.6 Å². The summed E-state index contributed by atoms with van der Waals surface area (Å²) in [4.78, 5) is 23.0. The van der Waals surface area contributed by atoms with Crippen LogP contribution in [0, 0.1) is 0 Å². The standard InChI is InChI=1S/C17H15Cl2NO4/c18-12-6-7-14(19)13(8-12)15(9-16(21)22)20-17(23)24-10-11-4-2-1-3-5-11/h1-8,15H,9-10H2,(H,20,23)(H,21,22). The van der Waals surface area contributed by atoms with Gasteiger partial charge in [0, 0.05) is 10.0 Å². The van der Waals surface area contributed by atoms with E-state index >= 15 is 0 Å². The Labute approximate surface area is 149 Å². The van der Waals surface area contributed by atoms with Crippen molar-refractivity contribution in [2.75, 3.05) is 0 Å². The molecule has 0 saturated heterocycles. The third kappa shape index (κ3) is 5.44. The minimum Gasteiger partial charge on any atom is -0.481 e. The number of nitrogens with one attached hydrogen (secondary N) is 1. The van der Waals surface area contributed by atoms with Crippen molar-refractivity contribution in [2.45, 2.75) is 19.1 Å². The first-order valence-corrected chi connectivity index (χ1v) is 7.85. The largest absolute Gasteiger partial charge is 0.481 e. The minimum absolute atomic E-state index is 0.0791. The fourth-order valence-corrected chi connectivity index (χ4v) is 2.53.